The maximum Gasteiger partial charge on any atom is 0.191 e. The third-order valence-electron chi connectivity index (χ3n) is 4.53. The van der Waals surface area contributed by atoms with Crippen LogP contribution in [0.15, 0.2) is 70.9 Å². The zero-order valence-corrected chi connectivity index (χ0v) is 16.0. The number of hydrogen-bond donors (Lipinski definition) is 1. The summed E-state index contributed by atoms with van der Waals surface area (Å²) in [5, 5.41) is 27.3. The van der Waals surface area contributed by atoms with Crippen LogP contribution >= 0.6 is 0 Å². The van der Waals surface area contributed by atoms with Crippen molar-refractivity contribution in [2.75, 3.05) is 5.73 Å². The maximum atomic E-state index is 9.72. The number of nitrogens with two attached hydrogens (primary N) is 1. The Hall–Kier alpha value is -4.25. The first kappa shape index (κ1) is 18.1. The quantitative estimate of drug-likeness (QED) is 0.529. The zero-order valence-electron chi connectivity index (χ0n) is 16.0. The minimum Gasteiger partial charge on any atom is -0.382 e. The molecule has 2 aromatic carbocycles. The molecule has 0 aliphatic carbocycles. The largest absolute Gasteiger partial charge is 0.382 e. The van der Waals surface area contributed by atoms with Gasteiger partial charge in [-0.25, -0.2) is 4.68 Å². The molecule has 8 nitrogen and oxygen atoms in total. The van der Waals surface area contributed by atoms with E-state index >= 15 is 0 Å². The van der Waals surface area contributed by atoms with Crippen molar-refractivity contribution in [1.29, 1.82) is 5.26 Å². The third-order valence-corrected chi connectivity index (χ3v) is 4.53. The predicted octanol–water partition coefficient (Wildman–Crippen LogP) is 4.36. The molecule has 2 aromatic heterocycles. The van der Waals surface area contributed by atoms with E-state index in [9.17, 15) is 5.26 Å². The highest BCUT2D eigenvalue weighted by Crippen LogP contribution is 2.36. The summed E-state index contributed by atoms with van der Waals surface area (Å²) in [4.78, 5) is 0. The average molecular weight is 382 g/mol. The van der Waals surface area contributed by atoms with Crippen LogP contribution in [-0.4, -0.2) is 19.6 Å². The van der Waals surface area contributed by atoms with Crippen molar-refractivity contribution >= 4 is 17.3 Å². The van der Waals surface area contributed by atoms with Crippen molar-refractivity contribution in [2.24, 2.45) is 24.3 Å². The lowest BCUT2D eigenvalue weighted by atomic mass is 10.1. The minimum absolute atomic E-state index is 0.353. The Balaban J connectivity index is 1.81. The molecule has 142 valence electrons. The van der Waals surface area contributed by atoms with Crippen molar-refractivity contribution in [2.45, 2.75) is 0 Å². The van der Waals surface area contributed by atoms with Crippen LogP contribution in [0.5, 0.6) is 0 Å². The molecule has 0 aliphatic heterocycles. The summed E-state index contributed by atoms with van der Waals surface area (Å²) < 4.78 is 3.10. The number of anilines is 1. The van der Waals surface area contributed by atoms with Crippen LogP contribution in [0.4, 0.5) is 17.3 Å². The second-order valence-electron chi connectivity index (χ2n) is 6.42. The maximum absolute atomic E-state index is 9.72. The Morgan fingerprint density at radius 3 is 1.97 bits per heavy atom. The van der Waals surface area contributed by atoms with E-state index in [1.807, 2.05) is 60.7 Å². The van der Waals surface area contributed by atoms with E-state index < -0.39 is 0 Å². The Morgan fingerprint density at radius 1 is 0.828 bits per heavy atom. The highest BCUT2D eigenvalue weighted by Gasteiger charge is 2.19. The number of aromatic nitrogens is 4. The Kier molecular flexibility index (Phi) is 4.63. The van der Waals surface area contributed by atoms with Gasteiger partial charge < -0.3 is 5.73 Å². The van der Waals surface area contributed by atoms with Crippen LogP contribution < -0.4 is 5.73 Å². The summed E-state index contributed by atoms with van der Waals surface area (Å²) in [6.07, 6.45) is 0. The number of aryl methyl sites for hydroxylation is 2. The van der Waals surface area contributed by atoms with Gasteiger partial charge in [-0.05, 0) is 0 Å². The van der Waals surface area contributed by atoms with Crippen LogP contribution in [0.3, 0.4) is 0 Å². The second kappa shape index (κ2) is 7.40. The lowest BCUT2D eigenvalue weighted by Gasteiger charge is -1.98. The van der Waals surface area contributed by atoms with E-state index in [2.05, 4.69) is 26.5 Å². The summed E-state index contributed by atoms with van der Waals surface area (Å²) in [5.74, 6) is 0.741. The van der Waals surface area contributed by atoms with Crippen molar-refractivity contribution in [3.05, 3.63) is 66.2 Å². The Morgan fingerprint density at radius 2 is 1.38 bits per heavy atom. The summed E-state index contributed by atoms with van der Waals surface area (Å²) in [6, 6.07) is 21.3. The Bertz CT molecular complexity index is 1230. The monoisotopic (exact) mass is 382 g/mol. The van der Waals surface area contributed by atoms with Crippen molar-refractivity contribution in [3.63, 3.8) is 0 Å². The third kappa shape index (κ3) is 3.26. The number of nitriles is 1. The zero-order chi connectivity index (χ0) is 20.4. The first-order valence-electron chi connectivity index (χ1n) is 8.92. The fourth-order valence-corrected chi connectivity index (χ4v) is 3.04. The smallest absolute Gasteiger partial charge is 0.191 e. The van der Waals surface area contributed by atoms with Gasteiger partial charge in [0.15, 0.2) is 11.5 Å². The molecular weight excluding hydrogens is 364 g/mol. The molecule has 0 fully saturated rings. The molecule has 8 heteroatoms. The molecule has 0 radical (unpaired) electrons. The van der Waals surface area contributed by atoms with Gasteiger partial charge in [-0.3, -0.25) is 4.68 Å². The molecule has 0 unspecified atom stereocenters. The first-order valence-corrected chi connectivity index (χ1v) is 8.92. The molecule has 0 saturated heterocycles. The number of nitrogen functional groups attached to an aromatic ring is 1. The average Bonchev–Trinajstić information content (AvgIpc) is 3.23. The molecule has 4 aromatic rings. The van der Waals surface area contributed by atoms with Gasteiger partial charge >= 0.3 is 0 Å². The summed E-state index contributed by atoms with van der Waals surface area (Å²) in [7, 11) is 3.48. The molecule has 29 heavy (non-hydrogen) atoms. The van der Waals surface area contributed by atoms with Crippen molar-refractivity contribution in [3.8, 4) is 28.6 Å². The summed E-state index contributed by atoms with van der Waals surface area (Å²) in [5.41, 5.74) is 9.88. The molecule has 0 aliphatic rings. The predicted molar refractivity (Wildman–Crippen MR) is 111 cm³/mol. The highest BCUT2D eigenvalue weighted by atomic mass is 15.4. The molecule has 0 bridgehead atoms. The van der Waals surface area contributed by atoms with Crippen LogP contribution in [0.2, 0.25) is 0 Å². The highest BCUT2D eigenvalue weighted by molar-refractivity contribution is 5.80. The van der Waals surface area contributed by atoms with Crippen LogP contribution in [0, 0.1) is 11.3 Å². The number of benzene rings is 2. The van der Waals surface area contributed by atoms with E-state index in [1.54, 1.807) is 23.5 Å². The number of azo groups is 1. The van der Waals surface area contributed by atoms with Crippen molar-refractivity contribution in [1.82, 2.24) is 19.6 Å². The lowest BCUT2D eigenvalue weighted by Crippen LogP contribution is -1.96. The van der Waals surface area contributed by atoms with E-state index in [-0.39, 0.29) is 0 Å². The second-order valence-corrected chi connectivity index (χ2v) is 6.42. The number of nitrogens with zero attached hydrogens (tertiary/aromatic N) is 7. The van der Waals surface area contributed by atoms with Gasteiger partial charge in [0.1, 0.15) is 28.8 Å². The molecule has 2 heterocycles. The number of hydrogen-bond acceptors (Lipinski definition) is 6. The van der Waals surface area contributed by atoms with E-state index in [1.165, 1.54) is 0 Å². The van der Waals surface area contributed by atoms with E-state index in [4.69, 9.17) is 5.73 Å². The standard InChI is InChI=1S/C21H18N8/c1-28-20(23)19(18(27-28)15-11-7-4-8-12-15)24-25-21-16(13-22)17(26-29(21)2)14-9-5-3-6-10-14/h3-12H,23H2,1-2H3/b25-24+. The van der Waals surface area contributed by atoms with Crippen LogP contribution in [0.25, 0.3) is 22.5 Å². The molecule has 2 N–H and O–H groups in total. The normalized spacial score (nSPS) is 11.1. The molecule has 0 spiro atoms. The van der Waals surface area contributed by atoms with Gasteiger partial charge in [0, 0.05) is 25.2 Å². The molecule has 4 rings (SSSR count). The lowest BCUT2D eigenvalue weighted by molar-refractivity contribution is 0.767. The van der Waals surface area contributed by atoms with E-state index in [0.717, 1.165) is 11.1 Å². The van der Waals surface area contributed by atoms with Gasteiger partial charge in [-0.15, -0.1) is 10.2 Å². The fraction of sp³-hybridized carbons (Fsp3) is 0.0952. The van der Waals surface area contributed by atoms with E-state index in [0.29, 0.717) is 34.3 Å². The van der Waals surface area contributed by atoms with Gasteiger partial charge in [0.25, 0.3) is 0 Å². The number of rotatable bonds is 4. The van der Waals surface area contributed by atoms with Crippen molar-refractivity contribution < 1.29 is 0 Å². The summed E-state index contributed by atoms with van der Waals surface area (Å²) >= 11 is 0. The molecule has 0 amide bonds. The summed E-state index contributed by atoms with van der Waals surface area (Å²) in [6.45, 7) is 0. The molecular formula is C21H18N8. The first-order chi connectivity index (χ1) is 14.1. The molecule has 0 saturated carbocycles. The van der Waals surface area contributed by atoms with Crippen LogP contribution in [-0.2, 0) is 14.1 Å². The van der Waals surface area contributed by atoms with Gasteiger partial charge in [-0.1, -0.05) is 60.7 Å². The minimum atomic E-state index is 0.353. The van der Waals surface area contributed by atoms with Crippen LogP contribution in [0.1, 0.15) is 5.56 Å². The van der Waals surface area contributed by atoms with Gasteiger partial charge in [-0.2, -0.15) is 15.5 Å². The topological polar surface area (TPSA) is 110 Å². The van der Waals surface area contributed by atoms with Gasteiger partial charge in [0.2, 0.25) is 0 Å². The molecule has 0 atom stereocenters. The fourth-order valence-electron chi connectivity index (χ4n) is 3.04. The SMILES string of the molecule is Cn1nc(-c2ccccc2)c(/N=N/c2c(C#N)c(-c3ccccc3)nn2C)c1N. The van der Waals surface area contributed by atoms with Gasteiger partial charge in [0.05, 0.1) is 0 Å². The Labute approximate surface area is 167 Å².